The minimum absolute atomic E-state index is 0.0195. The molecule has 1 atom stereocenters. The maximum atomic E-state index is 12.5. The van der Waals surface area contributed by atoms with E-state index in [2.05, 4.69) is 20.8 Å². The molecule has 0 aromatic heterocycles. The molecule has 1 amide bonds. The molecule has 0 aliphatic rings. The van der Waals surface area contributed by atoms with E-state index >= 15 is 0 Å². The molecule has 0 heterocycles. The van der Waals surface area contributed by atoms with Gasteiger partial charge in [-0.3, -0.25) is 4.79 Å². The molecule has 0 saturated heterocycles. The predicted molar refractivity (Wildman–Crippen MR) is 78.4 cm³/mol. The summed E-state index contributed by atoms with van der Waals surface area (Å²) in [6.07, 6.45) is 0. The number of hydrogen-bond donors (Lipinski definition) is 1. The number of nitrogens with zero attached hydrogens (tertiary/aromatic N) is 1. The molecule has 4 heteroatoms. The smallest absolute Gasteiger partial charge is 0.255 e. The Kier molecular flexibility index (Phi) is 4.45. The summed E-state index contributed by atoms with van der Waals surface area (Å²) in [5.41, 5.74) is 6.89. The molecular weight excluding hydrogens is 240 g/mol. The minimum atomic E-state index is -0.0671. The summed E-state index contributed by atoms with van der Waals surface area (Å²) in [4.78, 5) is 14.2. The molecule has 0 aliphatic heterocycles. The second kappa shape index (κ2) is 5.51. The Morgan fingerprint density at radius 2 is 1.95 bits per heavy atom. The predicted octanol–water partition coefficient (Wildman–Crippen LogP) is 2.78. The molecule has 106 valence electrons. The van der Waals surface area contributed by atoms with Crippen molar-refractivity contribution in [3.8, 4) is 5.75 Å². The number of anilines is 1. The van der Waals surface area contributed by atoms with Crippen LogP contribution in [0, 0.1) is 5.41 Å². The van der Waals surface area contributed by atoms with Gasteiger partial charge in [0.1, 0.15) is 5.75 Å². The third-order valence-corrected chi connectivity index (χ3v) is 3.64. The standard InChI is InChI=1S/C15H24N2O2/c1-10(15(2,3)4)17(5)14(18)12-8-7-11(19-6)9-13(12)16/h7-10H,16H2,1-6H3. The van der Waals surface area contributed by atoms with E-state index < -0.39 is 0 Å². The van der Waals surface area contributed by atoms with Crippen LogP contribution in [0.3, 0.4) is 0 Å². The second-order valence-electron chi connectivity index (χ2n) is 5.91. The molecule has 0 spiro atoms. The number of amides is 1. The fourth-order valence-corrected chi connectivity index (χ4v) is 1.81. The molecule has 19 heavy (non-hydrogen) atoms. The number of ether oxygens (including phenoxy) is 1. The van der Waals surface area contributed by atoms with Gasteiger partial charge in [-0.25, -0.2) is 0 Å². The van der Waals surface area contributed by atoms with E-state index in [4.69, 9.17) is 10.5 Å². The summed E-state index contributed by atoms with van der Waals surface area (Å²) in [7, 11) is 3.38. The molecule has 0 aliphatic carbocycles. The van der Waals surface area contributed by atoms with Gasteiger partial charge in [0, 0.05) is 24.8 Å². The van der Waals surface area contributed by atoms with Gasteiger partial charge in [0.15, 0.2) is 0 Å². The van der Waals surface area contributed by atoms with Gasteiger partial charge in [0.2, 0.25) is 0 Å². The first-order valence-corrected chi connectivity index (χ1v) is 6.39. The summed E-state index contributed by atoms with van der Waals surface area (Å²) < 4.78 is 5.09. The number of carbonyl (C=O) groups excluding carboxylic acids is 1. The van der Waals surface area contributed by atoms with Crippen LogP contribution < -0.4 is 10.5 Å². The summed E-state index contributed by atoms with van der Waals surface area (Å²) in [5, 5.41) is 0. The summed E-state index contributed by atoms with van der Waals surface area (Å²) >= 11 is 0. The van der Waals surface area contributed by atoms with E-state index in [0.717, 1.165) is 0 Å². The van der Waals surface area contributed by atoms with Gasteiger partial charge in [0.05, 0.1) is 12.7 Å². The lowest BCUT2D eigenvalue weighted by molar-refractivity contribution is 0.0630. The Morgan fingerprint density at radius 1 is 1.37 bits per heavy atom. The molecule has 4 nitrogen and oxygen atoms in total. The summed E-state index contributed by atoms with van der Waals surface area (Å²) in [6.45, 7) is 8.37. The van der Waals surface area contributed by atoms with Crippen molar-refractivity contribution in [1.82, 2.24) is 4.90 Å². The van der Waals surface area contributed by atoms with Crippen molar-refractivity contribution in [2.45, 2.75) is 33.7 Å². The van der Waals surface area contributed by atoms with E-state index in [0.29, 0.717) is 17.0 Å². The third kappa shape index (κ3) is 3.40. The first-order chi connectivity index (χ1) is 8.68. The number of nitrogens with two attached hydrogens (primary N) is 1. The van der Waals surface area contributed by atoms with Crippen molar-refractivity contribution < 1.29 is 9.53 Å². The van der Waals surface area contributed by atoms with Crippen molar-refractivity contribution >= 4 is 11.6 Å². The van der Waals surface area contributed by atoms with Crippen molar-refractivity contribution in [3.63, 3.8) is 0 Å². The van der Waals surface area contributed by atoms with Gasteiger partial charge in [-0.2, -0.15) is 0 Å². The molecule has 2 N–H and O–H groups in total. The van der Waals surface area contributed by atoms with Crippen LogP contribution in [0.15, 0.2) is 18.2 Å². The number of methoxy groups -OCH3 is 1. The summed E-state index contributed by atoms with van der Waals surface area (Å²) in [6, 6.07) is 5.24. The fourth-order valence-electron chi connectivity index (χ4n) is 1.81. The van der Waals surface area contributed by atoms with E-state index in [1.54, 1.807) is 30.2 Å². The Morgan fingerprint density at radius 3 is 2.37 bits per heavy atom. The molecule has 0 saturated carbocycles. The van der Waals surface area contributed by atoms with Gasteiger partial charge in [-0.1, -0.05) is 20.8 Å². The first-order valence-electron chi connectivity index (χ1n) is 6.39. The SMILES string of the molecule is COc1ccc(C(=O)N(C)C(C)C(C)(C)C)c(N)c1. The second-order valence-corrected chi connectivity index (χ2v) is 5.91. The van der Waals surface area contributed by atoms with Crippen LogP contribution in [-0.2, 0) is 0 Å². The van der Waals surface area contributed by atoms with Crippen LogP contribution in [0.2, 0.25) is 0 Å². The Balaban J connectivity index is 3.01. The Bertz CT molecular complexity index is 464. The highest BCUT2D eigenvalue weighted by atomic mass is 16.5. The average Bonchev–Trinajstić information content (AvgIpc) is 2.34. The quantitative estimate of drug-likeness (QED) is 0.854. The van der Waals surface area contributed by atoms with E-state index in [-0.39, 0.29) is 17.4 Å². The van der Waals surface area contributed by atoms with Crippen molar-refractivity contribution in [3.05, 3.63) is 23.8 Å². The topological polar surface area (TPSA) is 55.6 Å². The molecule has 1 aromatic rings. The number of hydrogen-bond acceptors (Lipinski definition) is 3. The lowest BCUT2D eigenvalue weighted by Crippen LogP contribution is -2.43. The number of nitrogen functional groups attached to an aromatic ring is 1. The number of carbonyl (C=O) groups is 1. The maximum absolute atomic E-state index is 12.5. The van der Waals surface area contributed by atoms with Gasteiger partial charge in [-0.15, -0.1) is 0 Å². The lowest BCUT2D eigenvalue weighted by atomic mass is 9.87. The Labute approximate surface area is 115 Å². The van der Waals surface area contributed by atoms with Crippen LogP contribution >= 0.6 is 0 Å². The van der Waals surface area contributed by atoms with Crippen LogP contribution in [0.5, 0.6) is 5.75 Å². The highest BCUT2D eigenvalue weighted by Gasteiger charge is 2.28. The van der Waals surface area contributed by atoms with Crippen molar-refractivity contribution in [2.24, 2.45) is 5.41 Å². The Hall–Kier alpha value is -1.71. The van der Waals surface area contributed by atoms with Gasteiger partial charge >= 0.3 is 0 Å². The van der Waals surface area contributed by atoms with E-state index in [9.17, 15) is 4.79 Å². The zero-order valence-electron chi connectivity index (χ0n) is 12.7. The molecule has 1 rings (SSSR count). The monoisotopic (exact) mass is 264 g/mol. The summed E-state index contributed by atoms with van der Waals surface area (Å²) in [5.74, 6) is 0.586. The van der Waals surface area contributed by atoms with Crippen LogP contribution in [0.25, 0.3) is 0 Å². The van der Waals surface area contributed by atoms with Crippen molar-refractivity contribution in [2.75, 3.05) is 19.9 Å². The number of benzene rings is 1. The highest BCUT2D eigenvalue weighted by molar-refractivity contribution is 5.99. The van der Waals surface area contributed by atoms with Crippen LogP contribution in [0.4, 0.5) is 5.69 Å². The molecule has 0 radical (unpaired) electrons. The fraction of sp³-hybridized carbons (Fsp3) is 0.533. The van der Waals surface area contributed by atoms with Crippen LogP contribution in [-0.4, -0.2) is 31.0 Å². The molecule has 1 unspecified atom stereocenters. The average molecular weight is 264 g/mol. The lowest BCUT2D eigenvalue weighted by Gasteiger charge is -2.35. The maximum Gasteiger partial charge on any atom is 0.255 e. The van der Waals surface area contributed by atoms with Crippen molar-refractivity contribution in [1.29, 1.82) is 0 Å². The number of rotatable bonds is 3. The zero-order valence-corrected chi connectivity index (χ0v) is 12.7. The molecule has 0 bridgehead atoms. The van der Waals surface area contributed by atoms with E-state index in [1.807, 2.05) is 14.0 Å². The normalized spacial score (nSPS) is 12.9. The molecule has 0 fully saturated rings. The largest absolute Gasteiger partial charge is 0.497 e. The minimum Gasteiger partial charge on any atom is -0.497 e. The van der Waals surface area contributed by atoms with Gasteiger partial charge < -0.3 is 15.4 Å². The third-order valence-electron chi connectivity index (χ3n) is 3.64. The first kappa shape index (κ1) is 15.3. The van der Waals surface area contributed by atoms with Crippen LogP contribution in [0.1, 0.15) is 38.1 Å². The zero-order chi connectivity index (χ0) is 14.8. The highest BCUT2D eigenvalue weighted by Crippen LogP contribution is 2.26. The van der Waals surface area contributed by atoms with Gasteiger partial charge in [0.25, 0.3) is 5.91 Å². The van der Waals surface area contributed by atoms with E-state index in [1.165, 1.54) is 0 Å². The molecular formula is C15H24N2O2. The molecule has 1 aromatic carbocycles. The van der Waals surface area contributed by atoms with Gasteiger partial charge in [-0.05, 0) is 24.5 Å².